The number of amidine groups is 1. The Morgan fingerprint density at radius 1 is 1.89 bits per heavy atom. The molecule has 0 saturated heterocycles. The van der Waals surface area contributed by atoms with Crippen molar-refractivity contribution >= 4 is 5.84 Å². The molecule has 1 aliphatic heterocycles. The van der Waals surface area contributed by atoms with E-state index in [2.05, 4.69) is 10.5 Å². The molecule has 1 rings (SSSR count). The number of nitrogens with zero attached hydrogens (tertiary/aromatic N) is 1. The van der Waals surface area contributed by atoms with Gasteiger partial charge in [0.2, 0.25) is 0 Å². The maximum Gasteiger partial charge on any atom is 0.146 e. The molecule has 0 radical (unpaired) electrons. The van der Waals surface area contributed by atoms with Crippen LogP contribution in [0.5, 0.6) is 0 Å². The zero-order chi connectivity index (χ0) is 6.69. The van der Waals surface area contributed by atoms with Crippen molar-refractivity contribution in [2.24, 2.45) is 10.8 Å². The summed E-state index contributed by atoms with van der Waals surface area (Å²) >= 11 is 0. The number of nitrogens with two attached hydrogens (primary N) is 1. The molecule has 0 unspecified atom stereocenters. The van der Waals surface area contributed by atoms with Gasteiger partial charge in [-0.2, -0.15) is 5.10 Å². The SMILES string of the molecule is COC1=CC(N)=NNC1. The summed E-state index contributed by atoms with van der Waals surface area (Å²) in [6.07, 6.45) is 1.69. The third-order valence-electron chi connectivity index (χ3n) is 1.03. The highest BCUT2D eigenvalue weighted by molar-refractivity contribution is 5.92. The first kappa shape index (κ1) is 5.94. The summed E-state index contributed by atoms with van der Waals surface area (Å²) in [5.41, 5.74) is 8.04. The number of ether oxygens (including phenoxy) is 1. The molecular weight excluding hydrogens is 118 g/mol. The lowest BCUT2D eigenvalue weighted by Gasteiger charge is -2.09. The Labute approximate surface area is 53.4 Å². The van der Waals surface area contributed by atoms with Gasteiger partial charge in [0, 0.05) is 6.08 Å². The molecule has 0 aromatic carbocycles. The highest BCUT2D eigenvalue weighted by Crippen LogP contribution is 1.95. The summed E-state index contributed by atoms with van der Waals surface area (Å²) in [6, 6.07) is 0. The Morgan fingerprint density at radius 2 is 2.67 bits per heavy atom. The van der Waals surface area contributed by atoms with E-state index in [-0.39, 0.29) is 0 Å². The van der Waals surface area contributed by atoms with E-state index in [1.807, 2.05) is 0 Å². The van der Waals surface area contributed by atoms with Crippen LogP contribution in [-0.4, -0.2) is 19.5 Å². The first-order valence-electron chi connectivity index (χ1n) is 2.63. The fourth-order valence-electron chi connectivity index (χ4n) is 0.588. The summed E-state index contributed by atoms with van der Waals surface area (Å²) in [4.78, 5) is 0. The Balaban J connectivity index is 2.63. The van der Waals surface area contributed by atoms with Gasteiger partial charge in [0.25, 0.3) is 0 Å². The number of nitrogens with one attached hydrogen (secondary N) is 1. The Hall–Kier alpha value is -1.19. The number of hydrazone groups is 1. The van der Waals surface area contributed by atoms with Crippen LogP contribution in [0.1, 0.15) is 0 Å². The Morgan fingerprint density at radius 3 is 3.11 bits per heavy atom. The van der Waals surface area contributed by atoms with Gasteiger partial charge in [-0.25, -0.2) is 0 Å². The standard InChI is InChI=1S/C5H9N3O/c1-9-4-2-5(6)8-7-3-4/h2,7H,3H2,1H3,(H2,6,8). The normalized spacial score (nSPS) is 17.4. The van der Waals surface area contributed by atoms with E-state index in [0.717, 1.165) is 5.76 Å². The summed E-state index contributed by atoms with van der Waals surface area (Å²) in [6.45, 7) is 0.622. The third kappa shape index (κ3) is 1.35. The van der Waals surface area contributed by atoms with Crippen LogP contribution < -0.4 is 11.2 Å². The molecule has 4 nitrogen and oxygen atoms in total. The first-order valence-corrected chi connectivity index (χ1v) is 2.63. The Kier molecular flexibility index (Phi) is 1.58. The second-order valence-electron chi connectivity index (χ2n) is 1.69. The second kappa shape index (κ2) is 2.39. The van der Waals surface area contributed by atoms with Crippen LogP contribution in [0.2, 0.25) is 0 Å². The summed E-state index contributed by atoms with van der Waals surface area (Å²) < 4.78 is 4.90. The topological polar surface area (TPSA) is 59.6 Å². The summed E-state index contributed by atoms with van der Waals surface area (Å²) in [5, 5.41) is 3.72. The molecule has 0 atom stereocenters. The third-order valence-corrected chi connectivity index (χ3v) is 1.03. The van der Waals surface area contributed by atoms with E-state index in [0.29, 0.717) is 12.4 Å². The minimum atomic E-state index is 0.457. The van der Waals surface area contributed by atoms with E-state index in [9.17, 15) is 0 Å². The molecule has 1 aliphatic rings. The van der Waals surface area contributed by atoms with Crippen molar-refractivity contribution < 1.29 is 4.74 Å². The number of hydrogen-bond acceptors (Lipinski definition) is 4. The molecule has 0 aromatic heterocycles. The lowest BCUT2D eigenvalue weighted by atomic mass is 10.4. The second-order valence-corrected chi connectivity index (χ2v) is 1.69. The zero-order valence-corrected chi connectivity index (χ0v) is 5.22. The van der Waals surface area contributed by atoms with Crippen molar-refractivity contribution in [3.8, 4) is 0 Å². The fourth-order valence-corrected chi connectivity index (χ4v) is 0.588. The molecular formula is C5H9N3O. The lowest BCUT2D eigenvalue weighted by molar-refractivity contribution is 0.279. The minimum absolute atomic E-state index is 0.457. The van der Waals surface area contributed by atoms with Crippen LogP contribution in [0.25, 0.3) is 0 Å². The monoisotopic (exact) mass is 127 g/mol. The van der Waals surface area contributed by atoms with E-state index in [1.54, 1.807) is 13.2 Å². The maximum absolute atomic E-state index is 5.33. The molecule has 50 valence electrons. The average Bonchev–Trinajstić information content (AvgIpc) is 1.88. The maximum atomic E-state index is 5.33. The molecule has 0 fully saturated rings. The van der Waals surface area contributed by atoms with Gasteiger partial charge in [-0.3, -0.25) is 0 Å². The molecule has 0 amide bonds. The van der Waals surface area contributed by atoms with E-state index in [4.69, 9.17) is 10.5 Å². The van der Waals surface area contributed by atoms with Gasteiger partial charge < -0.3 is 15.9 Å². The molecule has 0 aromatic rings. The van der Waals surface area contributed by atoms with Crippen molar-refractivity contribution in [1.29, 1.82) is 0 Å². The van der Waals surface area contributed by atoms with Crippen molar-refractivity contribution in [3.05, 3.63) is 11.8 Å². The van der Waals surface area contributed by atoms with Crippen molar-refractivity contribution in [3.63, 3.8) is 0 Å². The van der Waals surface area contributed by atoms with Crippen LogP contribution in [0.3, 0.4) is 0 Å². The summed E-state index contributed by atoms with van der Waals surface area (Å²) in [7, 11) is 1.60. The van der Waals surface area contributed by atoms with E-state index in [1.165, 1.54) is 0 Å². The Bertz CT molecular complexity index is 162. The zero-order valence-electron chi connectivity index (χ0n) is 5.22. The van der Waals surface area contributed by atoms with Crippen LogP contribution in [0.15, 0.2) is 16.9 Å². The molecule has 0 spiro atoms. The van der Waals surface area contributed by atoms with E-state index >= 15 is 0 Å². The highest BCUT2D eigenvalue weighted by Gasteiger charge is 2.00. The lowest BCUT2D eigenvalue weighted by Crippen LogP contribution is -2.24. The molecule has 0 saturated carbocycles. The summed E-state index contributed by atoms with van der Waals surface area (Å²) in [5.74, 6) is 1.26. The van der Waals surface area contributed by atoms with Gasteiger partial charge in [0.1, 0.15) is 11.6 Å². The molecule has 4 heteroatoms. The molecule has 1 heterocycles. The smallest absolute Gasteiger partial charge is 0.146 e. The van der Waals surface area contributed by atoms with Gasteiger partial charge >= 0.3 is 0 Å². The van der Waals surface area contributed by atoms with Gasteiger partial charge in [-0.1, -0.05) is 0 Å². The molecule has 9 heavy (non-hydrogen) atoms. The van der Waals surface area contributed by atoms with Gasteiger partial charge in [0.15, 0.2) is 0 Å². The quantitative estimate of drug-likeness (QED) is 0.494. The number of hydrogen-bond donors (Lipinski definition) is 2. The minimum Gasteiger partial charge on any atom is -0.499 e. The van der Waals surface area contributed by atoms with Crippen molar-refractivity contribution in [1.82, 2.24) is 5.43 Å². The van der Waals surface area contributed by atoms with Crippen LogP contribution in [-0.2, 0) is 4.74 Å². The number of rotatable bonds is 1. The van der Waals surface area contributed by atoms with Crippen LogP contribution >= 0.6 is 0 Å². The van der Waals surface area contributed by atoms with Crippen molar-refractivity contribution in [2.75, 3.05) is 13.7 Å². The van der Waals surface area contributed by atoms with Crippen LogP contribution in [0.4, 0.5) is 0 Å². The molecule has 0 bridgehead atoms. The van der Waals surface area contributed by atoms with E-state index < -0.39 is 0 Å². The molecule has 0 aliphatic carbocycles. The van der Waals surface area contributed by atoms with Gasteiger partial charge in [-0.15, -0.1) is 0 Å². The highest BCUT2D eigenvalue weighted by atomic mass is 16.5. The van der Waals surface area contributed by atoms with Crippen LogP contribution in [0, 0.1) is 0 Å². The largest absolute Gasteiger partial charge is 0.499 e. The van der Waals surface area contributed by atoms with Gasteiger partial charge in [-0.05, 0) is 0 Å². The fraction of sp³-hybridized carbons (Fsp3) is 0.400. The number of methoxy groups -OCH3 is 1. The van der Waals surface area contributed by atoms with Crippen molar-refractivity contribution in [2.45, 2.75) is 0 Å². The first-order chi connectivity index (χ1) is 4.33. The predicted octanol–water partition coefficient (Wildman–Crippen LogP) is -0.608. The average molecular weight is 127 g/mol. The molecule has 3 N–H and O–H groups in total. The predicted molar refractivity (Wildman–Crippen MR) is 34.7 cm³/mol. The van der Waals surface area contributed by atoms with Gasteiger partial charge in [0.05, 0.1) is 13.7 Å².